The highest BCUT2D eigenvalue weighted by molar-refractivity contribution is 5.13. The van der Waals surface area contributed by atoms with Gasteiger partial charge in [0.2, 0.25) is 0 Å². The Morgan fingerprint density at radius 1 is 1.42 bits per heavy atom. The van der Waals surface area contributed by atoms with E-state index in [1.165, 1.54) is 5.56 Å². The molecule has 0 atom stereocenters. The molecule has 0 aromatic carbocycles. The van der Waals surface area contributed by atoms with E-state index in [2.05, 4.69) is 37.1 Å². The van der Waals surface area contributed by atoms with Crippen LogP contribution in [0.25, 0.3) is 0 Å². The molecule has 1 aromatic heterocycles. The quantitative estimate of drug-likeness (QED) is 0.802. The molecule has 1 aromatic rings. The standard InChI is InChI=1S/C15H26N2O2/c1-4-5-16-9-13-8-14(19-11-13)10-17-6-7-18-12-15(17,2)3/h8,11,16H,4-7,9-10,12H2,1-3H3. The minimum atomic E-state index is 0.0890. The van der Waals surface area contributed by atoms with Gasteiger partial charge in [-0.2, -0.15) is 0 Å². The van der Waals surface area contributed by atoms with Crippen LogP contribution in [0.5, 0.6) is 0 Å². The summed E-state index contributed by atoms with van der Waals surface area (Å²) in [5.41, 5.74) is 1.32. The molecular formula is C15H26N2O2. The Balaban J connectivity index is 1.88. The molecule has 4 heteroatoms. The zero-order valence-electron chi connectivity index (χ0n) is 12.4. The van der Waals surface area contributed by atoms with Gasteiger partial charge in [0.1, 0.15) is 5.76 Å². The number of morpholine rings is 1. The Bertz CT molecular complexity index is 387. The van der Waals surface area contributed by atoms with Crippen molar-refractivity contribution in [3.05, 3.63) is 23.7 Å². The maximum Gasteiger partial charge on any atom is 0.118 e. The zero-order chi connectivity index (χ0) is 13.7. The number of nitrogens with zero attached hydrogens (tertiary/aromatic N) is 1. The summed E-state index contributed by atoms with van der Waals surface area (Å²) >= 11 is 0. The molecule has 2 rings (SSSR count). The molecule has 19 heavy (non-hydrogen) atoms. The SMILES string of the molecule is CCCNCc1coc(CN2CCOCC2(C)C)c1. The van der Waals surface area contributed by atoms with Crippen molar-refractivity contribution in [1.29, 1.82) is 0 Å². The first-order valence-electron chi connectivity index (χ1n) is 7.21. The van der Waals surface area contributed by atoms with E-state index in [0.29, 0.717) is 0 Å². The number of hydrogen-bond donors (Lipinski definition) is 1. The van der Waals surface area contributed by atoms with Crippen LogP contribution >= 0.6 is 0 Å². The molecule has 0 aliphatic carbocycles. The molecule has 0 saturated carbocycles. The average Bonchev–Trinajstić information content (AvgIpc) is 2.80. The van der Waals surface area contributed by atoms with Crippen molar-refractivity contribution >= 4 is 0 Å². The Morgan fingerprint density at radius 2 is 2.26 bits per heavy atom. The van der Waals surface area contributed by atoms with Crippen LogP contribution in [0.4, 0.5) is 0 Å². The maximum absolute atomic E-state index is 5.67. The molecule has 1 fully saturated rings. The maximum atomic E-state index is 5.67. The molecule has 1 saturated heterocycles. The Labute approximate surface area is 116 Å². The monoisotopic (exact) mass is 266 g/mol. The number of nitrogens with one attached hydrogen (secondary N) is 1. The van der Waals surface area contributed by atoms with Crippen LogP contribution in [-0.4, -0.2) is 36.7 Å². The highest BCUT2D eigenvalue weighted by Gasteiger charge is 2.30. The third kappa shape index (κ3) is 4.06. The molecule has 0 unspecified atom stereocenters. The van der Waals surface area contributed by atoms with Crippen molar-refractivity contribution < 1.29 is 9.15 Å². The summed E-state index contributed by atoms with van der Waals surface area (Å²) in [7, 11) is 0. The molecule has 1 aliphatic heterocycles. The van der Waals surface area contributed by atoms with Gasteiger partial charge in [0.15, 0.2) is 0 Å². The third-order valence-corrected chi connectivity index (χ3v) is 3.63. The first-order valence-corrected chi connectivity index (χ1v) is 7.21. The van der Waals surface area contributed by atoms with Crippen molar-refractivity contribution in [2.24, 2.45) is 0 Å². The topological polar surface area (TPSA) is 37.6 Å². The van der Waals surface area contributed by atoms with Crippen molar-refractivity contribution in [1.82, 2.24) is 10.2 Å². The zero-order valence-corrected chi connectivity index (χ0v) is 12.4. The second kappa shape index (κ2) is 6.55. The summed E-state index contributed by atoms with van der Waals surface area (Å²) in [5.74, 6) is 1.04. The van der Waals surface area contributed by atoms with Gasteiger partial charge in [-0.1, -0.05) is 6.92 Å². The summed E-state index contributed by atoms with van der Waals surface area (Å²) in [6, 6.07) is 2.16. The lowest BCUT2D eigenvalue weighted by atomic mass is 10.0. The van der Waals surface area contributed by atoms with Gasteiger partial charge in [-0.05, 0) is 32.9 Å². The molecule has 108 valence electrons. The summed E-state index contributed by atoms with van der Waals surface area (Å²) in [6.45, 7) is 12.0. The fourth-order valence-corrected chi connectivity index (χ4v) is 2.38. The van der Waals surface area contributed by atoms with Gasteiger partial charge in [0, 0.05) is 24.2 Å². The Morgan fingerprint density at radius 3 is 3.00 bits per heavy atom. The van der Waals surface area contributed by atoms with Crippen LogP contribution in [0.1, 0.15) is 38.5 Å². The molecule has 1 aliphatic rings. The molecular weight excluding hydrogens is 240 g/mol. The minimum Gasteiger partial charge on any atom is -0.468 e. The van der Waals surface area contributed by atoms with Gasteiger partial charge < -0.3 is 14.5 Å². The summed E-state index contributed by atoms with van der Waals surface area (Å²) in [5, 5.41) is 3.39. The molecule has 0 radical (unpaired) electrons. The fraction of sp³-hybridized carbons (Fsp3) is 0.733. The van der Waals surface area contributed by atoms with E-state index in [-0.39, 0.29) is 5.54 Å². The van der Waals surface area contributed by atoms with Crippen molar-refractivity contribution in [3.63, 3.8) is 0 Å². The van der Waals surface area contributed by atoms with Gasteiger partial charge in [0.05, 0.1) is 26.0 Å². The molecule has 0 spiro atoms. The normalized spacial score (nSPS) is 19.7. The second-order valence-corrected chi connectivity index (χ2v) is 5.88. The smallest absolute Gasteiger partial charge is 0.118 e. The van der Waals surface area contributed by atoms with E-state index in [4.69, 9.17) is 9.15 Å². The van der Waals surface area contributed by atoms with Crippen LogP contribution in [0.15, 0.2) is 16.7 Å². The molecule has 4 nitrogen and oxygen atoms in total. The minimum absolute atomic E-state index is 0.0890. The van der Waals surface area contributed by atoms with Crippen LogP contribution in [0.3, 0.4) is 0 Å². The lowest BCUT2D eigenvalue weighted by Gasteiger charge is -2.41. The summed E-state index contributed by atoms with van der Waals surface area (Å²) in [4.78, 5) is 2.43. The van der Waals surface area contributed by atoms with Crippen molar-refractivity contribution in [2.75, 3.05) is 26.3 Å². The highest BCUT2D eigenvalue weighted by Crippen LogP contribution is 2.22. The first-order chi connectivity index (χ1) is 9.12. The van der Waals surface area contributed by atoms with Crippen LogP contribution in [0.2, 0.25) is 0 Å². The number of ether oxygens (including phenoxy) is 1. The van der Waals surface area contributed by atoms with Gasteiger partial charge in [-0.15, -0.1) is 0 Å². The number of hydrogen-bond acceptors (Lipinski definition) is 4. The lowest BCUT2D eigenvalue weighted by Crippen LogP contribution is -2.52. The average molecular weight is 266 g/mol. The van der Waals surface area contributed by atoms with E-state index < -0.39 is 0 Å². The second-order valence-electron chi connectivity index (χ2n) is 5.88. The van der Waals surface area contributed by atoms with Gasteiger partial charge in [0.25, 0.3) is 0 Å². The van der Waals surface area contributed by atoms with Crippen molar-refractivity contribution in [3.8, 4) is 0 Å². The van der Waals surface area contributed by atoms with Crippen LogP contribution < -0.4 is 5.32 Å². The van der Waals surface area contributed by atoms with E-state index in [1.807, 2.05) is 6.26 Å². The van der Waals surface area contributed by atoms with Crippen LogP contribution in [-0.2, 0) is 17.8 Å². The fourth-order valence-electron chi connectivity index (χ4n) is 2.38. The largest absolute Gasteiger partial charge is 0.468 e. The van der Waals surface area contributed by atoms with Gasteiger partial charge in [-0.25, -0.2) is 0 Å². The van der Waals surface area contributed by atoms with Gasteiger partial charge >= 0.3 is 0 Å². The predicted octanol–water partition coefficient (Wildman–Crippen LogP) is 2.39. The first kappa shape index (κ1) is 14.6. The van der Waals surface area contributed by atoms with E-state index in [1.54, 1.807) is 0 Å². The summed E-state index contributed by atoms with van der Waals surface area (Å²) in [6.07, 6.45) is 3.03. The Kier molecular flexibility index (Phi) is 5.02. The van der Waals surface area contributed by atoms with E-state index in [9.17, 15) is 0 Å². The highest BCUT2D eigenvalue weighted by atomic mass is 16.5. The molecule has 2 heterocycles. The number of furan rings is 1. The van der Waals surface area contributed by atoms with Crippen LogP contribution in [0, 0.1) is 0 Å². The van der Waals surface area contributed by atoms with Crippen molar-refractivity contribution in [2.45, 2.75) is 45.8 Å². The predicted molar refractivity (Wildman–Crippen MR) is 76.0 cm³/mol. The third-order valence-electron chi connectivity index (χ3n) is 3.63. The van der Waals surface area contributed by atoms with E-state index >= 15 is 0 Å². The molecule has 1 N–H and O–H groups in total. The molecule has 0 bridgehead atoms. The lowest BCUT2D eigenvalue weighted by molar-refractivity contribution is -0.0577. The Hall–Kier alpha value is -0.840. The number of rotatable bonds is 6. The van der Waals surface area contributed by atoms with Gasteiger partial charge in [-0.3, -0.25) is 4.90 Å². The molecule has 0 amide bonds. The van der Waals surface area contributed by atoms with E-state index in [0.717, 1.165) is 51.6 Å². The summed E-state index contributed by atoms with van der Waals surface area (Å²) < 4.78 is 11.2.